The molecule has 1 aliphatic rings. The first-order valence-electron chi connectivity index (χ1n) is 6.78. The van der Waals surface area contributed by atoms with Crippen molar-refractivity contribution in [3.63, 3.8) is 0 Å². The number of unbranched alkanes of at least 4 members (excludes halogenated alkanes) is 5. The molecule has 0 aromatic carbocycles. The quantitative estimate of drug-likeness (QED) is 0.653. The molecule has 1 fully saturated rings. The van der Waals surface area contributed by atoms with Crippen LogP contribution in [0.3, 0.4) is 0 Å². The monoisotopic (exact) mass is 212 g/mol. The Labute approximate surface area is 95.4 Å². The van der Waals surface area contributed by atoms with E-state index in [0.717, 1.165) is 0 Å². The highest BCUT2D eigenvalue weighted by atomic mass is 15.2. The van der Waals surface area contributed by atoms with Crippen LogP contribution in [0.15, 0.2) is 0 Å². The van der Waals surface area contributed by atoms with E-state index < -0.39 is 0 Å². The highest BCUT2D eigenvalue weighted by molar-refractivity contribution is 4.74. The first-order valence-corrected chi connectivity index (χ1v) is 6.78. The molecule has 0 aliphatic carbocycles. The summed E-state index contributed by atoms with van der Waals surface area (Å²) in [5.41, 5.74) is 0. The van der Waals surface area contributed by atoms with Crippen molar-refractivity contribution in [2.75, 3.05) is 26.2 Å². The van der Waals surface area contributed by atoms with Crippen LogP contribution < -0.4 is 5.32 Å². The lowest BCUT2D eigenvalue weighted by molar-refractivity contribution is 0.203. The van der Waals surface area contributed by atoms with E-state index in [1.807, 2.05) is 0 Å². The summed E-state index contributed by atoms with van der Waals surface area (Å²) in [6.07, 6.45) is 8.48. The van der Waals surface area contributed by atoms with E-state index in [1.165, 1.54) is 64.7 Å². The smallest absolute Gasteiger partial charge is 0.0167 e. The van der Waals surface area contributed by atoms with Crippen molar-refractivity contribution < 1.29 is 0 Å². The summed E-state index contributed by atoms with van der Waals surface area (Å²) < 4.78 is 0. The molecule has 15 heavy (non-hydrogen) atoms. The molecular formula is C13H28N2. The number of rotatable bonds is 7. The summed E-state index contributed by atoms with van der Waals surface area (Å²) in [6.45, 7) is 9.55. The second kappa shape index (κ2) is 8.12. The Morgan fingerprint density at radius 2 is 1.87 bits per heavy atom. The summed E-state index contributed by atoms with van der Waals surface area (Å²) in [5.74, 6) is 0. The zero-order chi connectivity index (χ0) is 10.9. The molecule has 1 N–H and O–H groups in total. The lowest BCUT2D eigenvalue weighted by Crippen LogP contribution is -2.49. The number of nitrogens with one attached hydrogen (secondary N) is 1. The molecule has 0 radical (unpaired) electrons. The van der Waals surface area contributed by atoms with Gasteiger partial charge < -0.3 is 10.2 Å². The zero-order valence-corrected chi connectivity index (χ0v) is 10.6. The second-order valence-electron chi connectivity index (χ2n) is 4.92. The van der Waals surface area contributed by atoms with Crippen molar-refractivity contribution in [1.29, 1.82) is 0 Å². The first-order chi connectivity index (χ1) is 7.33. The minimum Gasteiger partial charge on any atom is -0.312 e. The molecule has 0 aromatic heterocycles. The Morgan fingerprint density at radius 3 is 2.60 bits per heavy atom. The standard InChI is InChI=1S/C13H28N2/c1-3-4-5-6-7-8-10-15-11-9-14-13(2)12-15/h13-14H,3-12H2,1-2H3/t13-/m0/s1. The molecule has 1 heterocycles. The second-order valence-corrected chi connectivity index (χ2v) is 4.92. The molecule has 0 amide bonds. The van der Waals surface area contributed by atoms with Crippen LogP contribution in [0.4, 0.5) is 0 Å². The van der Waals surface area contributed by atoms with Crippen molar-refractivity contribution in [2.45, 2.75) is 58.4 Å². The molecule has 1 atom stereocenters. The maximum atomic E-state index is 3.49. The van der Waals surface area contributed by atoms with E-state index in [-0.39, 0.29) is 0 Å². The van der Waals surface area contributed by atoms with Crippen molar-refractivity contribution in [1.82, 2.24) is 10.2 Å². The molecule has 2 nitrogen and oxygen atoms in total. The van der Waals surface area contributed by atoms with Crippen LogP contribution in [-0.2, 0) is 0 Å². The van der Waals surface area contributed by atoms with Crippen LogP contribution in [0.2, 0.25) is 0 Å². The van der Waals surface area contributed by atoms with Crippen molar-refractivity contribution in [2.24, 2.45) is 0 Å². The molecule has 90 valence electrons. The number of nitrogens with zero attached hydrogens (tertiary/aromatic N) is 1. The van der Waals surface area contributed by atoms with Crippen molar-refractivity contribution in [3.8, 4) is 0 Å². The van der Waals surface area contributed by atoms with Gasteiger partial charge in [0.1, 0.15) is 0 Å². The van der Waals surface area contributed by atoms with Gasteiger partial charge in [-0.3, -0.25) is 0 Å². The molecule has 0 spiro atoms. The van der Waals surface area contributed by atoms with Gasteiger partial charge in [0.15, 0.2) is 0 Å². The van der Waals surface area contributed by atoms with Gasteiger partial charge >= 0.3 is 0 Å². The Morgan fingerprint density at radius 1 is 1.13 bits per heavy atom. The zero-order valence-electron chi connectivity index (χ0n) is 10.6. The number of hydrogen-bond acceptors (Lipinski definition) is 2. The van der Waals surface area contributed by atoms with Gasteiger partial charge in [0.05, 0.1) is 0 Å². The van der Waals surface area contributed by atoms with Gasteiger partial charge in [-0.15, -0.1) is 0 Å². The Balaban J connectivity index is 1.90. The third kappa shape index (κ3) is 6.16. The molecule has 1 aliphatic heterocycles. The molecule has 1 rings (SSSR count). The molecule has 2 heteroatoms. The van der Waals surface area contributed by atoms with Crippen LogP contribution in [-0.4, -0.2) is 37.1 Å². The van der Waals surface area contributed by atoms with Gasteiger partial charge in [-0.25, -0.2) is 0 Å². The summed E-state index contributed by atoms with van der Waals surface area (Å²) in [6, 6.07) is 0.693. The Bertz CT molecular complexity index is 147. The average Bonchev–Trinajstić information content (AvgIpc) is 2.23. The molecule has 0 bridgehead atoms. The Kier molecular flexibility index (Phi) is 7.03. The molecular weight excluding hydrogens is 184 g/mol. The fraction of sp³-hybridized carbons (Fsp3) is 1.00. The average molecular weight is 212 g/mol. The summed E-state index contributed by atoms with van der Waals surface area (Å²) in [5, 5.41) is 3.49. The van der Waals surface area contributed by atoms with Crippen molar-refractivity contribution >= 4 is 0 Å². The van der Waals surface area contributed by atoms with Crippen molar-refractivity contribution in [3.05, 3.63) is 0 Å². The van der Waals surface area contributed by atoms with Crippen LogP contribution in [0.25, 0.3) is 0 Å². The summed E-state index contributed by atoms with van der Waals surface area (Å²) >= 11 is 0. The lowest BCUT2D eigenvalue weighted by atomic mass is 10.1. The van der Waals surface area contributed by atoms with E-state index in [4.69, 9.17) is 0 Å². The maximum Gasteiger partial charge on any atom is 0.0167 e. The van der Waals surface area contributed by atoms with Gasteiger partial charge in [0, 0.05) is 25.7 Å². The van der Waals surface area contributed by atoms with Crippen LogP contribution >= 0.6 is 0 Å². The summed E-state index contributed by atoms with van der Waals surface area (Å²) in [4.78, 5) is 2.61. The first kappa shape index (κ1) is 13.0. The van der Waals surface area contributed by atoms with Gasteiger partial charge in [0.2, 0.25) is 0 Å². The van der Waals surface area contributed by atoms with E-state index in [2.05, 4.69) is 24.1 Å². The maximum absolute atomic E-state index is 3.49. The highest BCUT2D eigenvalue weighted by Gasteiger charge is 2.14. The lowest BCUT2D eigenvalue weighted by Gasteiger charge is -2.31. The van der Waals surface area contributed by atoms with Crippen LogP contribution in [0.1, 0.15) is 52.4 Å². The molecule has 0 saturated carbocycles. The fourth-order valence-corrected chi connectivity index (χ4v) is 2.33. The van der Waals surface area contributed by atoms with Gasteiger partial charge in [-0.05, 0) is 19.9 Å². The minimum atomic E-state index is 0.693. The van der Waals surface area contributed by atoms with E-state index in [1.54, 1.807) is 0 Å². The normalized spacial score (nSPS) is 23.2. The largest absolute Gasteiger partial charge is 0.312 e. The van der Waals surface area contributed by atoms with Gasteiger partial charge in [0.25, 0.3) is 0 Å². The molecule has 0 unspecified atom stereocenters. The SMILES string of the molecule is CCCCCCCCN1CCN[C@@H](C)C1. The number of hydrogen-bond donors (Lipinski definition) is 1. The third-order valence-electron chi connectivity index (χ3n) is 3.28. The Hall–Kier alpha value is -0.0800. The van der Waals surface area contributed by atoms with E-state index in [9.17, 15) is 0 Å². The predicted octanol–water partition coefficient (Wildman–Crippen LogP) is 2.64. The van der Waals surface area contributed by atoms with Gasteiger partial charge in [-0.1, -0.05) is 39.0 Å². The van der Waals surface area contributed by atoms with E-state index >= 15 is 0 Å². The molecule has 0 aromatic rings. The molecule has 1 saturated heterocycles. The number of piperazine rings is 1. The predicted molar refractivity (Wildman–Crippen MR) is 67.3 cm³/mol. The van der Waals surface area contributed by atoms with Crippen LogP contribution in [0.5, 0.6) is 0 Å². The minimum absolute atomic E-state index is 0.693. The fourth-order valence-electron chi connectivity index (χ4n) is 2.33. The van der Waals surface area contributed by atoms with Crippen LogP contribution in [0, 0.1) is 0 Å². The van der Waals surface area contributed by atoms with Gasteiger partial charge in [-0.2, -0.15) is 0 Å². The highest BCUT2D eigenvalue weighted by Crippen LogP contribution is 2.07. The van der Waals surface area contributed by atoms with E-state index in [0.29, 0.717) is 6.04 Å². The topological polar surface area (TPSA) is 15.3 Å². The summed E-state index contributed by atoms with van der Waals surface area (Å²) in [7, 11) is 0. The third-order valence-corrected chi connectivity index (χ3v) is 3.28.